The van der Waals surface area contributed by atoms with Crippen molar-refractivity contribution >= 4 is 0 Å². The highest BCUT2D eigenvalue weighted by molar-refractivity contribution is 4.68. The first kappa shape index (κ1) is 16.9. The molecule has 0 rings (SSSR count). The van der Waals surface area contributed by atoms with Crippen LogP contribution < -0.4 is 5.32 Å². The first-order chi connectivity index (χ1) is 8.01. The van der Waals surface area contributed by atoms with E-state index in [-0.39, 0.29) is 0 Å². The standard InChI is InChI=1S/C15H34N2/c1-7-15(16-8-2)10-9-11-17(14(5)6)12-13(3)4/h13-16H,7-12H2,1-6H3. The van der Waals surface area contributed by atoms with E-state index in [4.69, 9.17) is 0 Å². The molecule has 0 aromatic carbocycles. The summed E-state index contributed by atoms with van der Waals surface area (Å²) >= 11 is 0. The van der Waals surface area contributed by atoms with Crippen molar-refractivity contribution in [1.82, 2.24) is 10.2 Å². The normalized spacial score (nSPS) is 13.9. The summed E-state index contributed by atoms with van der Waals surface area (Å²) in [5.41, 5.74) is 0. The maximum absolute atomic E-state index is 3.56. The van der Waals surface area contributed by atoms with Crippen LogP contribution in [0.15, 0.2) is 0 Å². The summed E-state index contributed by atoms with van der Waals surface area (Å²) in [6, 6.07) is 1.39. The second-order valence-corrected chi connectivity index (χ2v) is 5.79. The average molecular weight is 242 g/mol. The van der Waals surface area contributed by atoms with E-state index in [1.165, 1.54) is 32.4 Å². The van der Waals surface area contributed by atoms with Crippen LogP contribution in [-0.2, 0) is 0 Å². The van der Waals surface area contributed by atoms with Crippen LogP contribution in [0.25, 0.3) is 0 Å². The predicted octanol–water partition coefficient (Wildman–Crippen LogP) is 3.52. The molecule has 0 fully saturated rings. The largest absolute Gasteiger partial charge is 0.314 e. The minimum atomic E-state index is 0.677. The molecule has 0 aliphatic carbocycles. The van der Waals surface area contributed by atoms with Gasteiger partial charge in [0.15, 0.2) is 0 Å². The fourth-order valence-electron chi connectivity index (χ4n) is 2.31. The van der Waals surface area contributed by atoms with E-state index in [2.05, 4.69) is 51.8 Å². The zero-order valence-corrected chi connectivity index (χ0v) is 12.9. The second kappa shape index (κ2) is 9.90. The minimum Gasteiger partial charge on any atom is -0.314 e. The van der Waals surface area contributed by atoms with Crippen molar-refractivity contribution in [2.75, 3.05) is 19.6 Å². The lowest BCUT2D eigenvalue weighted by molar-refractivity contribution is 0.191. The maximum atomic E-state index is 3.56. The lowest BCUT2D eigenvalue weighted by Crippen LogP contribution is -2.36. The first-order valence-electron chi connectivity index (χ1n) is 7.48. The Labute approximate surface area is 109 Å². The van der Waals surface area contributed by atoms with E-state index in [0.29, 0.717) is 12.1 Å². The minimum absolute atomic E-state index is 0.677. The highest BCUT2D eigenvalue weighted by Crippen LogP contribution is 2.08. The van der Waals surface area contributed by atoms with Gasteiger partial charge in [-0.15, -0.1) is 0 Å². The van der Waals surface area contributed by atoms with Crippen molar-refractivity contribution in [2.45, 2.75) is 72.9 Å². The molecular weight excluding hydrogens is 208 g/mol. The van der Waals surface area contributed by atoms with E-state index < -0.39 is 0 Å². The Balaban J connectivity index is 3.87. The third-order valence-electron chi connectivity index (χ3n) is 3.31. The van der Waals surface area contributed by atoms with Crippen molar-refractivity contribution in [1.29, 1.82) is 0 Å². The molecule has 1 N–H and O–H groups in total. The van der Waals surface area contributed by atoms with Crippen molar-refractivity contribution in [2.24, 2.45) is 5.92 Å². The topological polar surface area (TPSA) is 15.3 Å². The van der Waals surface area contributed by atoms with Gasteiger partial charge < -0.3 is 10.2 Å². The Hall–Kier alpha value is -0.0800. The van der Waals surface area contributed by atoms with Gasteiger partial charge in [-0.25, -0.2) is 0 Å². The van der Waals surface area contributed by atoms with Crippen molar-refractivity contribution in [3.8, 4) is 0 Å². The van der Waals surface area contributed by atoms with Gasteiger partial charge >= 0.3 is 0 Å². The first-order valence-corrected chi connectivity index (χ1v) is 7.48. The molecule has 0 saturated carbocycles. The Morgan fingerprint density at radius 3 is 2.12 bits per heavy atom. The van der Waals surface area contributed by atoms with Crippen LogP contribution in [0, 0.1) is 5.92 Å². The number of hydrogen-bond donors (Lipinski definition) is 1. The van der Waals surface area contributed by atoms with Crippen LogP contribution >= 0.6 is 0 Å². The van der Waals surface area contributed by atoms with E-state index in [9.17, 15) is 0 Å². The molecule has 0 aliphatic heterocycles. The van der Waals surface area contributed by atoms with Crippen LogP contribution in [-0.4, -0.2) is 36.6 Å². The molecule has 0 aromatic heterocycles. The fraction of sp³-hybridized carbons (Fsp3) is 1.00. The van der Waals surface area contributed by atoms with Crippen molar-refractivity contribution < 1.29 is 0 Å². The van der Waals surface area contributed by atoms with Gasteiger partial charge in [-0.2, -0.15) is 0 Å². The Morgan fingerprint density at radius 2 is 1.71 bits per heavy atom. The third kappa shape index (κ3) is 8.62. The monoisotopic (exact) mass is 242 g/mol. The number of rotatable bonds is 10. The molecule has 1 atom stereocenters. The van der Waals surface area contributed by atoms with Crippen LogP contribution in [0.4, 0.5) is 0 Å². The summed E-state index contributed by atoms with van der Waals surface area (Å²) in [6.45, 7) is 17.3. The van der Waals surface area contributed by atoms with Gasteiger partial charge in [0.1, 0.15) is 0 Å². The SMILES string of the molecule is CCNC(CC)CCCN(CC(C)C)C(C)C. The average Bonchev–Trinajstić information content (AvgIpc) is 2.25. The fourth-order valence-corrected chi connectivity index (χ4v) is 2.31. The van der Waals surface area contributed by atoms with Gasteiger partial charge in [0.25, 0.3) is 0 Å². The van der Waals surface area contributed by atoms with Gasteiger partial charge in [-0.1, -0.05) is 27.7 Å². The molecule has 0 bridgehead atoms. The van der Waals surface area contributed by atoms with E-state index >= 15 is 0 Å². The molecule has 1 unspecified atom stereocenters. The number of nitrogens with zero attached hydrogens (tertiary/aromatic N) is 1. The smallest absolute Gasteiger partial charge is 0.00647 e. The molecule has 0 amide bonds. The molecule has 2 heteroatoms. The lowest BCUT2D eigenvalue weighted by Gasteiger charge is -2.29. The summed E-state index contributed by atoms with van der Waals surface area (Å²) in [5, 5.41) is 3.56. The Morgan fingerprint density at radius 1 is 1.06 bits per heavy atom. The second-order valence-electron chi connectivity index (χ2n) is 5.79. The van der Waals surface area contributed by atoms with E-state index in [0.717, 1.165) is 12.5 Å². The summed E-state index contributed by atoms with van der Waals surface area (Å²) in [4.78, 5) is 2.61. The van der Waals surface area contributed by atoms with Gasteiger partial charge in [-0.3, -0.25) is 0 Å². The predicted molar refractivity (Wildman–Crippen MR) is 78.5 cm³/mol. The molecule has 0 radical (unpaired) electrons. The van der Waals surface area contributed by atoms with Crippen LogP contribution in [0.5, 0.6) is 0 Å². The van der Waals surface area contributed by atoms with Gasteiger partial charge in [-0.05, 0) is 52.1 Å². The number of hydrogen-bond acceptors (Lipinski definition) is 2. The van der Waals surface area contributed by atoms with Gasteiger partial charge in [0.05, 0.1) is 0 Å². The molecule has 0 aliphatic rings. The van der Waals surface area contributed by atoms with Crippen LogP contribution in [0.1, 0.15) is 60.8 Å². The summed E-state index contributed by atoms with van der Waals surface area (Å²) in [6.07, 6.45) is 3.88. The molecule has 0 saturated heterocycles. The summed E-state index contributed by atoms with van der Waals surface area (Å²) in [7, 11) is 0. The molecule has 2 nitrogen and oxygen atoms in total. The van der Waals surface area contributed by atoms with Crippen LogP contribution in [0.2, 0.25) is 0 Å². The van der Waals surface area contributed by atoms with E-state index in [1.54, 1.807) is 0 Å². The maximum Gasteiger partial charge on any atom is 0.00647 e. The van der Waals surface area contributed by atoms with Crippen LogP contribution in [0.3, 0.4) is 0 Å². The molecule has 0 heterocycles. The Kier molecular flexibility index (Phi) is 9.85. The third-order valence-corrected chi connectivity index (χ3v) is 3.31. The molecular formula is C15H34N2. The molecule has 0 spiro atoms. The van der Waals surface area contributed by atoms with Crippen molar-refractivity contribution in [3.63, 3.8) is 0 Å². The quantitative estimate of drug-likeness (QED) is 0.630. The van der Waals surface area contributed by atoms with Crippen molar-refractivity contribution in [3.05, 3.63) is 0 Å². The van der Waals surface area contributed by atoms with Gasteiger partial charge in [0, 0.05) is 18.6 Å². The number of nitrogens with one attached hydrogen (secondary N) is 1. The van der Waals surface area contributed by atoms with Gasteiger partial charge in [0.2, 0.25) is 0 Å². The molecule has 17 heavy (non-hydrogen) atoms. The highest BCUT2D eigenvalue weighted by atomic mass is 15.1. The van der Waals surface area contributed by atoms with E-state index in [1.807, 2.05) is 0 Å². The Bertz CT molecular complexity index is 166. The zero-order chi connectivity index (χ0) is 13.3. The molecule has 0 aromatic rings. The summed E-state index contributed by atoms with van der Waals surface area (Å²) < 4.78 is 0. The zero-order valence-electron chi connectivity index (χ0n) is 12.9. The summed E-state index contributed by atoms with van der Waals surface area (Å²) in [5.74, 6) is 0.771. The molecule has 104 valence electrons. The lowest BCUT2D eigenvalue weighted by atomic mass is 10.1. The highest BCUT2D eigenvalue weighted by Gasteiger charge is 2.12.